The molecule has 1 aromatic heterocycles. The lowest BCUT2D eigenvalue weighted by Gasteiger charge is -2.32. The summed E-state index contributed by atoms with van der Waals surface area (Å²) in [6, 6.07) is 15.9. The topological polar surface area (TPSA) is 68.1 Å². The Labute approximate surface area is 184 Å². The minimum atomic E-state index is -0.204. The first kappa shape index (κ1) is 19.8. The molecule has 156 valence electrons. The third kappa shape index (κ3) is 3.39. The number of fused-ring (bicyclic) bond motifs is 2. The quantitative estimate of drug-likeness (QED) is 0.617. The van der Waals surface area contributed by atoms with E-state index in [0.717, 1.165) is 30.4 Å². The number of carbonyl (C=O) groups is 2. The van der Waals surface area contributed by atoms with Crippen molar-refractivity contribution in [1.82, 2.24) is 14.9 Å². The van der Waals surface area contributed by atoms with Gasteiger partial charge in [0.2, 0.25) is 11.1 Å². The second-order valence-corrected chi connectivity index (χ2v) is 8.82. The maximum atomic E-state index is 13.0. The Morgan fingerprint density at radius 1 is 0.903 bits per heavy atom. The first-order valence-corrected chi connectivity index (χ1v) is 11.2. The highest BCUT2D eigenvalue weighted by Gasteiger charge is 2.35. The fourth-order valence-corrected chi connectivity index (χ4v) is 5.25. The Bertz CT molecular complexity index is 1230. The standard InChI is InChI=1S/C24H22N4O2S/c1-15(29)22-21(20-13-12-17-8-6-7-11-19(17)14-20)27(16(2)30)28-23(25-26-24(28)31-22)18-9-4-3-5-10-18/h3-5,9-10,12-14H,6-8,11H2,1-2H3. The van der Waals surface area contributed by atoms with Gasteiger partial charge in [-0.2, -0.15) is 4.68 Å². The first-order chi connectivity index (χ1) is 15.0. The van der Waals surface area contributed by atoms with Crippen LogP contribution in [-0.2, 0) is 22.4 Å². The molecule has 0 radical (unpaired) electrons. The summed E-state index contributed by atoms with van der Waals surface area (Å²) in [7, 11) is 0. The molecule has 31 heavy (non-hydrogen) atoms. The molecule has 0 bridgehead atoms. The number of rotatable bonds is 3. The average molecular weight is 431 g/mol. The first-order valence-electron chi connectivity index (χ1n) is 10.4. The molecule has 2 aliphatic rings. The molecule has 0 spiro atoms. The number of aromatic nitrogens is 3. The van der Waals surface area contributed by atoms with E-state index in [0.29, 0.717) is 21.6 Å². The molecule has 2 heterocycles. The number of aryl methyl sites for hydroxylation is 2. The summed E-state index contributed by atoms with van der Waals surface area (Å²) in [4.78, 5) is 26.1. The van der Waals surface area contributed by atoms with Crippen LogP contribution in [-0.4, -0.2) is 26.6 Å². The van der Waals surface area contributed by atoms with Crippen LogP contribution >= 0.6 is 11.8 Å². The molecule has 3 aromatic rings. The van der Waals surface area contributed by atoms with Crippen molar-refractivity contribution in [2.45, 2.75) is 44.7 Å². The number of amides is 1. The van der Waals surface area contributed by atoms with Crippen LogP contribution in [0.4, 0.5) is 0 Å². The van der Waals surface area contributed by atoms with Gasteiger partial charge in [0.05, 0.1) is 10.6 Å². The maximum Gasteiger partial charge on any atom is 0.243 e. The number of Topliss-reactive ketones (excluding diaryl/α,β-unsaturated/α-hetero) is 1. The summed E-state index contributed by atoms with van der Waals surface area (Å²) in [5.41, 5.74) is 4.97. The van der Waals surface area contributed by atoms with Crippen molar-refractivity contribution in [2.24, 2.45) is 0 Å². The molecule has 0 unspecified atom stereocenters. The Kier molecular flexibility index (Phi) is 4.98. The van der Waals surface area contributed by atoms with Crippen molar-refractivity contribution < 1.29 is 9.59 Å². The number of carbonyl (C=O) groups excluding carboxylic acids is 2. The number of hydrogen-bond donors (Lipinski definition) is 0. The highest BCUT2D eigenvalue weighted by molar-refractivity contribution is 8.04. The molecular weight excluding hydrogens is 408 g/mol. The Morgan fingerprint density at radius 2 is 1.65 bits per heavy atom. The fraction of sp³-hybridized carbons (Fsp3) is 0.250. The predicted molar refractivity (Wildman–Crippen MR) is 121 cm³/mol. The molecule has 2 aromatic carbocycles. The van der Waals surface area contributed by atoms with Crippen LogP contribution < -0.4 is 5.01 Å². The van der Waals surface area contributed by atoms with Crippen molar-refractivity contribution in [3.8, 4) is 11.4 Å². The van der Waals surface area contributed by atoms with Gasteiger partial charge < -0.3 is 0 Å². The number of allylic oxidation sites excluding steroid dienone is 1. The summed E-state index contributed by atoms with van der Waals surface area (Å²) < 4.78 is 1.73. The van der Waals surface area contributed by atoms with Gasteiger partial charge in [0.15, 0.2) is 11.6 Å². The molecule has 7 heteroatoms. The van der Waals surface area contributed by atoms with Gasteiger partial charge in [0, 0.05) is 18.1 Å². The van der Waals surface area contributed by atoms with Gasteiger partial charge in [-0.3, -0.25) is 9.59 Å². The lowest BCUT2D eigenvalue weighted by molar-refractivity contribution is -0.117. The fourth-order valence-electron chi connectivity index (χ4n) is 4.28. The third-order valence-corrected chi connectivity index (χ3v) is 6.83. The van der Waals surface area contributed by atoms with E-state index in [1.807, 2.05) is 36.4 Å². The summed E-state index contributed by atoms with van der Waals surface area (Å²) >= 11 is 1.27. The molecule has 5 rings (SSSR count). The number of thioether (sulfide) groups is 1. The van der Waals surface area contributed by atoms with Crippen molar-refractivity contribution in [2.75, 3.05) is 5.01 Å². The average Bonchev–Trinajstić information content (AvgIpc) is 3.21. The van der Waals surface area contributed by atoms with Crippen LogP contribution in [0.2, 0.25) is 0 Å². The Morgan fingerprint density at radius 3 is 2.35 bits per heavy atom. The highest BCUT2D eigenvalue weighted by Crippen LogP contribution is 2.41. The van der Waals surface area contributed by atoms with E-state index in [2.05, 4.69) is 22.3 Å². The SMILES string of the molecule is CC(=O)C1=C(c2ccc3c(c2)CCCC3)N(C(C)=O)n2c(nnc2-c2ccccc2)S1. The summed E-state index contributed by atoms with van der Waals surface area (Å²) in [5, 5.41) is 10.7. The van der Waals surface area contributed by atoms with Crippen molar-refractivity contribution in [3.05, 3.63) is 70.1 Å². The van der Waals surface area contributed by atoms with Crippen LogP contribution in [0.5, 0.6) is 0 Å². The second kappa shape index (κ2) is 7.81. The van der Waals surface area contributed by atoms with Crippen molar-refractivity contribution in [3.63, 3.8) is 0 Å². The third-order valence-electron chi connectivity index (χ3n) is 5.70. The molecule has 1 aliphatic heterocycles. The largest absolute Gasteiger partial charge is 0.294 e. The van der Waals surface area contributed by atoms with Crippen LogP contribution in [0.3, 0.4) is 0 Å². The molecule has 0 saturated carbocycles. The van der Waals surface area contributed by atoms with Gasteiger partial charge in [-0.05, 0) is 61.6 Å². The molecule has 0 fully saturated rings. The van der Waals surface area contributed by atoms with Crippen LogP contribution in [0, 0.1) is 0 Å². The maximum absolute atomic E-state index is 13.0. The minimum absolute atomic E-state index is 0.0977. The lowest BCUT2D eigenvalue weighted by Crippen LogP contribution is -2.41. The van der Waals surface area contributed by atoms with Gasteiger partial charge >= 0.3 is 0 Å². The summed E-state index contributed by atoms with van der Waals surface area (Å²) in [6.07, 6.45) is 4.46. The zero-order valence-electron chi connectivity index (χ0n) is 17.5. The zero-order valence-corrected chi connectivity index (χ0v) is 18.3. The van der Waals surface area contributed by atoms with E-state index in [4.69, 9.17) is 0 Å². The monoisotopic (exact) mass is 430 g/mol. The number of ketones is 1. The van der Waals surface area contributed by atoms with Crippen molar-refractivity contribution in [1.29, 1.82) is 0 Å². The summed E-state index contributed by atoms with van der Waals surface area (Å²) in [6.45, 7) is 3.04. The van der Waals surface area contributed by atoms with Gasteiger partial charge in [-0.15, -0.1) is 10.2 Å². The molecule has 1 amide bonds. The molecule has 6 nitrogen and oxygen atoms in total. The van der Waals surface area contributed by atoms with E-state index in [9.17, 15) is 9.59 Å². The van der Waals surface area contributed by atoms with E-state index < -0.39 is 0 Å². The Hall–Kier alpha value is -3.19. The van der Waals surface area contributed by atoms with Gasteiger partial charge in [-0.25, -0.2) is 5.01 Å². The van der Waals surface area contributed by atoms with Gasteiger partial charge in [0.25, 0.3) is 0 Å². The van der Waals surface area contributed by atoms with E-state index in [-0.39, 0.29) is 11.7 Å². The van der Waals surface area contributed by atoms with Gasteiger partial charge in [0.1, 0.15) is 0 Å². The minimum Gasteiger partial charge on any atom is -0.294 e. The van der Waals surface area contributed by atoms with Crippen molar-refractivity contribution >= 4 is 29.1 Å². The Balaban J connectivity index is 1.72. The van der Waals surface area contributed by atoms with Crippen LogP contribution in [0.1, 0.15) is 43.4 Å². The second-order valence-electron chi connectivity index (χ2n) is 7.84. The smallest absolute Gasteiger partial charge is 0.243 e. The zero-order chi connectivity index (χ0) is 21.5. The molecule has 0 N–H and O–H groups in total. The summed E-state index contributed by atoms with van der Waals surface area (Å²) in [5.74, 6) is 0.265. The van der Waals surface area contributed by atoms with E-state index in [1.54, 1.807) is 9.69 Å². The highest BCUT2D eigenvalue weighted by atomic mass is 32.2. The molecule has 0 atom stereocenters. The molecule has 1 aliphatic carbocycles. The van der Waals surface area contributed by atoms with E-state index in [1.165, 1.54) is 43.2 Å². The van der Waals surface area contributed by atoms with E-state index >= 15 is 0 Å². The lowest BCUT2D eigenvalue weighted by atomic mass is 9.89. The number of benzene rings is 2. The van der Waals surface area contributed by atoms with Crippen LogP contribution in [0.25, 0.3) is 17.1 Å². The van der Waals surface area contributed by atoms with Crippen LogP contribution in [0.15, 0.2) is 58.6 Å². The number of hydrogen-bond acceptors (Lipinski definition) is 5. The normalized spacial score (nSPS) is 15.5. The molecule has 0 saturated heterocycles. The number of nitrogens with zero attached hydrogens (tertiary/aromatic N) is 4. The molecular formula is C24H22N4O2S. The predicted octanol–water partition coefficient (Wildman–Crippen LogP) is 4.37. The van der Waals surface area contributed by atoms with Gasteiger partial charge in [-0.1, -0.05) is 42.5 Å².